The van der Waals surface area contributed by atoms with E-state index in [2.05, 4.69) is 29.3 Å². The molecule has 1 aromatic heterocycles. The van der Waals surface area contributed by atoms with Gasteiger partial charge in [0.1, 0.15) is 10.8 Å². The Morgan fingerprint density at radius 1 is 1.35 bits per heavy atom. The molecule has 2 aromatic rings. The molecule has 0 amide bonds. The molecule has 3 rings (SSSR count). The van der Waals surface area contributed by atoms with Crippen molar-refractivity contribution in [1.82, 2.24) is 14.8 Å². The number of hydrogen-bond acceptors (Lipinski definition) is 5. The molecule has 0 unspecified atom stereocenters. The molecular weight excluding hydrogens is 313 g/mol. The maximum Gasteiger partial charge on any atom is 0.123 e. The number of thiazole rings is 1. The van der Waals surface area contributed by atoms with E-state index in [0.29, 0.717) is 0 Å². The number of hydrogen-bond donors (Lipinski definition) is 0. The van der Waals surface area contributed by atoms with Crippen molar-refractivity contribution in [2.75, 3.05) is 40.3 Å². The van der Waals surface area contributed by atoms with E-state index in [9.17, 15) is 4.39 Å². The van der Waals surface area contributed by atoms with Crippen LogP contribution in [0.3, 0.4) is 0 Å². The average molecular weight is 335 g/mol. The molecule has 6 heteroatoms. The van der Waals surface area contributed by atoms with Crippen LogP contribution >= 0.6 is 11.3 Å². The highest BCUT2D eigenvalue weighted by Gasteiger charge is 2.21. The zero-order valence-electron chi connectivity index (χ0n) is 13.5. The molecule has 1 aromatic carbocycles. The Kier molecular flexibility index (Phi) is 5.38. The van der Waals surface area contributed by atoms with E-state index in [1.807, 2.05) is 0 Å². The lowest BCUT2D eigenvalue weighted by atomic mass is 10.2. The number of halogens is 1. The van der Waals surface area contributed by atoms with Crippen LogP contribution < -0.4 is 0 Å². The molecule has 1 fully saturated rings. The molecule has 23 heavy (non-hydrogen) atoms. The van der Waals surface area contributed by atoms with E-state index in [1.165, 1.54) is 12.1 Å². The fourth-order valence-corrected chi connectivity index (χ4v) is 3.59. The molecule has 0 N–H and O–H groups in total. The van der Waals surface area contributed by atoms with Crippen LogP contribution in [0.5, 0.6) is 0 Å². The number of ether oxygens (including phenoxy) is 1. The Labute approximate surface area is 140 Å². The van der Waals surface area contributed by atoms with Gasteiger partial charge in [0.15, 0.2) is 0 Å². The quantitative estimate of drug-likeness (QED) is 0.840. The van der Waals surface area contributed by atoms with Crippen molar-refractivity contribution in [3.8, 4) is 10.6 Å². The van der Waals surface area contributed by atoms with E-state index in [1.54, 1.807) is 23.5 Å². The number of benzene rings is 1. The normalized spacial score (nSPS) is 19.4. The van der Waals surface area contributed by atoms with Gasteiger partial charge in [0.05, 0.1) is 18.4 Å². The molecule has 0 saturated carbocycles. The number of morpholine rings is 1. The fourth-order valence-electron chi connectivity index (χ4n) is 2.78. The maximum atomic E-state index is 13.0. The first-order valence-corrected chi connectivity index (χ1v) is 8.67. The summed E-state index contributed by atoms with van der Waals surface area (Å²) in [5.74, 6) is -0.217. The largest absolute Gasteiger partial charge is 0.374 e. The third-order valence-electron chi connectivity index (χ3n) is 3.82. The van der Waals surface area contributed by atoms with Crippen LogP contribution in [0.25, 0.3) is 10.6 Å². The van der Waals surface area contributed by atoms with Crippen LogP contribution in [0.4, 0.5) is 4.39 Å². The SMILES string of the molecule is CN(C)C[C@H]1CN(Cc2csc(-c3ccc(F)cc3)n2)CCO1. The molecule has 0 aliphatic carbocycles. The van der Waals surface area contributed by atoms with Crippen molar-refractivity contribution in [3.63, 3.8) is 0 Å². The summed E-state index contributed by atoms with van der Waals surface area (Å²) in [4.78, 5) is 9.24. The minimum Gasteiger partial charge on any atom is -0.374 e. The van der Waals surface area contributed by atoms with Crippen molar-refractivity contribution in [3.05, 3.63) is 41.2 Å². The van der Waals surface area contributed by atoms with Gasteiger partial charge in [-0.2, -0.15) is 0 Å². The van der Waals surface area contributed by atoms with E-state index >= 15 is 0 Å². The summed E-state index contributed by atoms with van der Waals surface area (Å²) in [5.41, 5.74) is 2.04. The van der Waals surface area contributed by atoms with Crippen LogP contribution in [0.15, 0.2) is 29.6 Å². The summed E-state index contributed by atoms with van der Waals surface area (Å²) in [7, 11) is 4.13. The smallest absolute Gasteiger partial charge is 0.123 e. The van der Waals surface area contributed by atoms with Gasteiger partial charge in [0.2, 0.25) is 0 Å². The van der Waals surface area contributed by atoms with Crippen LogP contribution in [-0.2, 0) is 11.3 Å². The fraction of sp³-hybridized carbons (Fsp3) is 0.471. The number of rotatable bonds is 5. The van der Waals surface area contributed by atoms with Gasteiger partial charge in [0, 0.05) is 37.1 Å². The van der Waals surface area contributed by atoms with Crippen LogP contribution in [0, 0.1) is 5.82 Å². The molecule has 1 aliphatic rings. The van der Waals surface area contributed by atoms with E-state index in [0.717, 1.165) is 49.1 Å². The minimum absolute atomic E-state index is 0.217. The number of aromatic nitrogens is 1. The van der Waals surface area contributed by atoms with Crippen LogP contribution in [0.2, 0.25) is 0 Å². The Hall–Kier alpha value is -1.34. The molecule has 0 bridgehead atoms. The summed E-state index contributed by atoms with van der Waals surface area (Å²) < 4.78 is 18.8. The van der Waals surface area contributed by atoms with Gasteiger partial charge in [-0.1, -0.05) is 0 Å². The van der Waals surface area contributed by atoms with Gasteiger partial charge in [-0.3, -0.25) is 4.90 Å². The van der Waals surface area contributed by atoms with Gasteiger partial charge >= 0.3 is 0 Å². The Morgan fingerprint density at radius 2 is 2.13 bits per heavy atom. The summed E-state index contributed by atoms with van der Waals surface area (Å²) in [6.07, 6.45) is 0.258. The third-order valence-corrected chi connectivity index (χ3v) is 4.76. The Morgan fingerprint density at radius 3 is 2.87 bits per heavy atom. The molecule has 2 heterocycles. The van der Waals surface area contributed by atoms with Crippen LogP contribution in [-0.4, -0.2) is 61.2 Å². The Balaban J connectivity index is 1.61. The van der Waals surface area contributed by atoms with E-state index in [-0.39, 0.29) is 11.9 Å². The second-order valence-electron chi connectivity index (χ2n) is 6.14. The van der Waals surface area contributed by atoms with Crippen LogP contribution in [0.1, 0.15) is 5.69 Å². The number of nitrogens with zero attached hydrogens (tertiary/aromatic N) is 3. The second-order valence-corrected chi connectivity index (χ2v) is 7.00. The zero-order chi connectivity index (χ0) is 16.2. The molecule has 1 atom stereocenters. The average Bonchev–Trinajstić information content (AvgIpc) is 2.96. The number of likely N-dealkylation sites (N-methyl/N-ethyl adjacent to an activating group) is 1. The van der Waals surface area contributed by atoms with E-state index in [4.69, 9.17) is 9.72 Å². The first-order valence-electron chi connectivity index (χ1n) is 7.79. The molecular formula is C17H22FN3OS. The lowest BCUT2D eigenvalue weighted by Gasteiger charge is -2.33. The van der Waals surface area contributed by atoms with Crippen molar-refractivity contribution in [2.24, 2.45) is 0 Å². The van der Waals surface area contributed by atoms with Crippen molar-refractivity contribution >= 4 is 11.3 Å². The highest BCUT2D eigenvalue weighted by molar-refractivity contribution is 7.13. The maximum absolute atomic E-state index is 13.0. The van der Waals surface area contributed by atoms with Gasteiger partial charge in [-0.05, 0) is 38.4 Å². The Bertz CT molecular complexity index is 629. The first-order chi connectivity index (χ1) is 11.1. The third kappa shape index (κ3) is 4.57. The highest BCUT2D eigenvalue weighted by Crippen LogP contribution is 2.24. The second kappa shape index (κ2) is 7.49. The summed E-state index contributed by atoms with van der Waals surface area (Å²) >= 11 is 1.61. The lowest BCUT2D eigenvalue weighted by Crippen LogP contribution is -2.46. The van der Waals surface area contributed by atoms with Gasteiger partial charge in [-0.25, -0.2) is 9.37 Å². The topological polar surface area (TPSA) is 28.6 Å². The zero-order valence-corrected chi connectivity index (χ0v) is 14.4. The predicted octanol–water partition coefficient (Wildman–Crippen LogP) is 2.71. The summed E-state index contributed by atoms with van der Waals surface area (Å²) in [5, 5.41) is 3.04. The van der Waals surface area contributed by atoms with Gasteiger partial charge in [0.25, 0.3) is 0 Å². The van der Waals surface area contributed by atoms with E-state index < -0.39 is 0 Å². The van der Waals surface area contributed by atoms with Crippen molar-refractivity contribution in [1.29, 1.82) is 0 Å². The molecule has 1 saturated heterocycles. The predicted molar refractivity (Wildman–Crippen MR) is 91.1 cm³/mol. The molecule has 0 radical (unpaired) electrons. The highest BCUT2D eigenvalue weighted by atomic mass is 32.1. The monoisotopic (exact) mass is 335 g/mol. The standard InChI is InChI=1S/C17H22FN3OS/c1-20(2)10-16-11-21(7-8-22-16)9-15-12-23-17(19-15)13-3-5-14(18)6-4-13/h3-6,12,16H,7-11H2,1-2H3/t16-/m0/s1. The van der Waals surface area contributed by atoms with Gasteiger partial charge in [-0.15, -0.1) is 11.3 Å². The summed E-state index contributed by atoms with van der Waals surface area (Å²) in [6.45, 7) is 4.42. The molecule has 0 spiro atoms. The minimum atomic E-state index is -0.217. The van der Waals surface area contributed by atoms with Crippen molar-refractivity contribution in [2.45, 2.75) is 12.6 Å². The molecule has 4 nitrogen and oxygen atoms in total. The van der Waals surface area contributed by atoms with Gasteiger partial charge < -0.3 is 9.64 Å². The first kappa shape index (κ1) is 16.5. The summed E-state index contributed by atoms with van der Waals surface area (Å²) in [6, 6.07) is 6.51. The molecule has 1 aliphatic heterocycles. The molecule has 124 valence electrons. The van der Waals surface area contributed by atoms with Crippen molar-refractivity contribution < 1.29 is 9.13 Å². The lowest BCUT2D eigenvalue weighted by molar-refractivity contribution is -0.0409.